The Bertz CT molecular complexity index is 2060. The molecule has 2 aromatic heterocycles. The second kappa shape index (κ2) is 15.6. The fourth-order valence-corrected chi connectivity index (χ4v) is 7.27. The molecule has 1 aliphatic carbocycles. The van der Waals surface area contributed by atoms with E-state index in [1.807, 2.05) is 60.6 Å². The van der Waals surface area contributed by atoms with Crippen molar-refractivity contribution in [3.8, 4) is 22.6 Å². The molecular weight excluding hydrogens is 809 g/mol. The van der Waals surface area contributed by atoms with Crippen molar-refractivity contribution in [2.24, 2.45) is 16.7 Å². The zero-order chi connectivity index (χ0) is 36.6. The van der Waals surface area contributed by atoms with Gasteiger partial charge in [0.1, 0.15) is 22.9 Å². The minimum Gasteiger partial charge on any atom is -0.512 e. The first kappa shape index (κ1) is 40.2. The van der Waals surface area contributed by atoms with E-state index in [0.717, 1.165) is 77.0 Å². The number of ketones is 1. The maximum atomic E-state index is 12.2. The van der Waals surface area contributed by atoms with Crippen molar-refractivity contribution < 1.29 is 34.4 Å². The fraction of sp³-hybridized carbons (Fsp3) is 0.444. The molecule has 5 aromatic rings. The summed E-state index contributed by atoms with van der Waals surface area (Å²) < 4.78 is 6.38. The third kappa shape index (κ3) is 7.50. The monoisotopic (exact) mass is 864 g/mol. The number of fused-ring (bicyclic) bond motifs is 6. The van der Waals surface area contributed by atoms with Crippen molar-refractivity contribution in [2.45, 2.75) is 114 Å². The van der Waals surface area contributed by atoms with Gasteiger partial charge in [0.2, 0.25) is 0 Å². The zero-order valence-electron chi connectivity index (χ0n) is 32.4. The van der Waals surface area contributed by atoms with Gasteiger partial charge in [0.05, 0.1) is 5.52 Å². The van der Waals surface area contributed by atoms with Gasteiger partial charge in [-0.3, -0.25) is 9.78 Å². The molecule has 3 aromatic carbocycles. The quantitative estimate of drug-likeness (QED) is 0.0860. The minimum absolute atomic E-state index is 0. The number of hydrogen-bond donors (Lipinski definition) is 1. The minimum atomic E-state index is -0.337. The number of furan rings is 1. The fourth-order valence-electron chi connectivity index (χ4n) is 7.27. The average Bonchev–Trinajstić information content (AvgIpc) is 3.60. The molecule has 0 atom stereocenters. The summed E-state index contributed by atoms with van der Waals surface area (Å²) in [7, 11) is 0. The molecule has 0 fully saturated rings. The number of aliphatic hydroxyl groups is 1. The molecule has 5 nitrogen and oxygen atoms in total. The Hall–Kier alpha value is -3.60. The number of hydrogen-bond acceptors (Lipinski definition) is 5. The number of carbonyl (C=O) groups excluding carboxylic acids is 1. The van der Waals surface area contributed by atoms with E-state index < -0.39 is 0 Å². The predicted octanol–water partition coefficient (Wildman–Crippen LogP) is 12.3. The van der Waals surface area contributed by atoms with Crippen LogP contribution in [0.15, 0.2) is 70.8 Å². The van der Waals surface area contributed by atoms with Crippen LogP contribution >= 0.6 is 0 Å². The van der Waals surface area contributed by atoms with Gasteiger partial charge >= 0.3 is 0 Å². The van der Waals surface area contributed by atoms with E-state index in [2.05, 4.69) is 76.2 Å². The van der Waals surface area contributed by atoms with Crippen LogP contribution in [-0.2, 0) is 36.7 Å². The van der Waals surface area contributed by atoms with Crippen LogP contribution < -0.4 is 0 Å². The number of allylic oxidation sites excluding steroid dienone is 2. The number of para-hydroxylation sites is 1. The standard InChI is InChI=1S/C30H27N2O.C15H28O2.Ir/c1-17(2)15-19-13-14-20-24(16-19)31-18(3)32-28(20)22-10-8-11-23-26(22)30(4,5)27-21-9-6-7-12-25(21)33-29(23)27;1-7-14(5,8-2)12(16)11-13(17)15(6,9-3)10-4;/h6-9,11-14,16-17H,15H2,1-5H3;11,16H,7-10H2,1-6H3;/q-1;;/b;12-11-;. The number of benzene rings is 3. The Morgan fingerprint density at radius 3 is 2.20 bits per heavy atom. The summed E-state index contributed by atoms with van der Waals surface area (Å²) in [6.45, 7) is 23.1. The molecule has 0 saturated heterocycles. The molecule has 51 heavy (non-hydrogen) atoms. The van der Waals surface area contributed by atoms with E-state index in [9.17, 15) is 9.90 Å². The predicted molar refractivity (Wildman–Crippen MR) is 208 cm³/mol. The molecule has 0 aliphatic heterocycles. The van der Waals surface area contributed by atoms with Crippen LogP contribution in [0.4, 0.5) is 0 Å². The summed E-state index contributed by atoms with van der Waals surface area (Å²) in [6.07, 6.45) is 5.80. The van der Waals surface area contributed by atoms with Crippen molar-refractivity contribution in [1.29, 1.82) is 0 Å². The van der Waals surface area contributed by atoms with Crippen LogP contribution in [0.2, 0.25) is 0 Å². The molecule has 0 spiro atoms. The van der Waals surface area contributed by atoms with Crippen LogP contribution in [0, 0.1) is 29.7 Å². The molecular formula is C45H55IrN2O3-. The molecule has 1 N–H and O–H groups in total. The van der Waals surface area contributed by atoms with Crippen LogP contribution in [0.1, 0.15) is 117 Å². The molecule has 0 saturated carbocycles. The summed E-state index contributed by atoms with van der Waals surface area (Å²) in [5.74, 6) is 2.64. The van der Waals surface area contributed by atoms with Gasteiger partial charge in [-0.15, -0.1) is 29.3 Å². The van der Waals surface area contributed by atoms with Gasteiger partial charge < -0.3 is 9.52 Å². The Morgan fingerprint density at radius 2 is 1.57 bits per heavy atom. The van der Waals surface area contributed by atoms with Gasteiger partial charge in [-0.25, -0.2) is 4.98 Å². The molecule has 0 bridgehead atoms. The van der Waals surface area contributed by atoms with Gasteiger partial charge in [0, 0.05) is 48.0 Å². The van der Waals surface area contributed by atoms with E-state index >= 15 is 0 Å². The number of aromatic nitrogens is 2. The van der Waals surface area contributed by atoms with E-state index in [-0.39, 0.29) is 47.9 Å². The topological polar surface area (TPSA) is 76.2 Å². The Kier molecular flexibility index (Phi) is 12.3. The second-order valence-corrected chi connectivity index (χ2v) is 15.6. The third-order valence-corrected chi connectivity index (χ3v) is 11.4. The molecule has 0 amide bonds. The molecule has 6 rings (SSSR count). The Labute approximate surface area is 318 Å². The van der Waals surface area contributed by atoms with Crippen molar-refractivity contribution in [1.82, 2.24) is 9.97 Å². The molecule has 1 aliphatic rings. The van der Waals surface area contributed by atoms with Crippen LogP contribution in [-0.4, -0.2) is 20.9 Å². The van der Waals surface area contributed by atoms with Crippen LogP contribution in [0.25, 0.3) is 44.5 Å². The second-order valence-electron chi connectivity index (χ2n) is 15.6. The molecule has 1 radical (unpaired) electrons. The van der Waals surface area contributed by atoms with Crippen molar-refractivity contribution in [3.05, 3.63) is 95.0 Å². The van der Waals surface area contributed by atoms with E-state index in [0.29, 0.717) is 5.92 Å². The average molecular weight is 864 g/mol. The Morgan fingerprint density at radius 1 is 0.922 bits per heavy atom. The normalized spacial score (nSPS) is 13.8. The molecule has 6 heteroatoms. The first-order valence-electron chi connectivity index (χ1n) is 18.4. The first-order valence-corrected chi connectivity index (χ1v) is 18.4. The van der Waals surface area contributed by atoms with E-state index in [1.165, 1.54) is 28.2 Å². The number of aryl methyl sites for hydroxylation is 1. The summed E-state index contributed by atoms with van der Waals surface area (Å²) >= 11 is 0. The number of rotatable bonds is 10. The van der Waals surface area contributed by atoms with Gasteiger partial charge in [-0.2, -0.15) is 0 Å². The van der Waals surface area contributed by atoms with Gasteiger partial charge in [0.15, 0.2) is 5.78 Å². The van der Waals surface area contributed by atoms with Gasteiger partial charge in [0.25, 0.3) is 0 Å². The maximum Gasteiger partial charge on any atom is 0.164 e. The zero-order valence-corrected chi connectivity index (χ0v) is 34.8. The third-order valence-electron chi connectivity index (χ3n) is 11.4. The largest absolute Gasteiger partial charge is 0.512 e. The smallest absolute Gasteiger partial charge is 0.164 e. The van der Waals surface area contributed by atoms with Crippen molar-refractivity contribution in [2.75, 3.05) is 0 Å². The summed E-state index contributed by atoms with van der Waals surface area (Å²) in [6, 6.07) is 22.6. The Balaban J connectivity index is 0.000000279. The van der Waals surface area contributed by atoms with Crippen LogP contribution in [0.3, 0.4) is 0 Å². The van der Waals surface area contributed by atoms with Gasteiger partial charge in [-0.05, 0) is 79.1 Å². The SMILES string of the molecule is CCC(C)(CC)C(=O)/C=C(\O)C(C)(CC)CC.Cc1nc(-c2[c-]ccc3c2C(C)(C)c2c-3oc3ccccc23)c2ccc(CC(C)C)cc2n1.[Ir]. The summed E-state index contributed by atoms with van der Waals surface area (Å²) in [5.41, 5.74) is 8.04. The number of aliphatic hydroxyl groups excluding tert-OH is 1. The van der Waals surface area contributed by atoms with Gasteiger partial charge in [-0.1, -0.05) is 105 Å². The molecule has 2 heterocycles. The summed E-state index contributed by atoms with van der Waals surface area (Å²) in [4.78, 5) is 21.9. The van der Waals surface area contributed by atoms with Crippen molar-refractivity contribution >= 4 is 27.7 Å². The van der Waals surface area contributed by atoms with Crippen LogP contribution in [0.5, 0.6) is 0 Å². The molecule has 0 unspecified atom stereocenters. The van der Waals surface area contributed by atoms with E-state index in [4.69, 9.17) is 14.4 Å². The summed E-state index contributed by atoms with van der Waals surface area (Å²) in [5, 5.41) is 12.4. The number of nitrogens with zero attached hydrogens (tertiary/aromatic N) is 2. The first-order chi connectivity index (χ1) is 23.6. The van der Waals surface area contributed by atoms with E-state index in [1.54, 1.807) is 0 Å². The van der Waals surface area contributed by atoms with Crippen molar-refractivity contribution in [3.63, 3.8) is 0 Å². The molecule has 273 valence electrons. The number of carbonyl (C=O) groups is 1. The maximum absolute atomic E-state index is 12.2.